The van der Waals surface area contributed by atoms with E-state index < -0.39 is 5.91 Å². The van der Waals surface area contributed by atoms with Gasteiger partial charge in [0.2, 0.25) is 5.91 Å². The second-order valence-electron chi connectivity index (χ2n) is 6.63. The predicted molar refractivity (Wildman–Crippen MR) is 100 cm³/mol. The highest BCUT2D eigenvalue weighted by Crippen LogP contribution is 2.47. The minimum Gasteiger partial charge on any atom is -0.366 e. The molecule has 4 N–H and O–H groups in total. The van der Waals surface area contributed by atoms with Crippen LogP contribution in [0.5, 0.6) is 0 Å². The number of halogens is 1. The number of guanidine groups is 1. The number of rotatable bonds is 6. The predicted octanol–water partition coefficient (Wildman–Crippen LogP) is 2.32. The Labute approximate surface area is 152 Å². The molecular weight excluding hydrogens is 331 g/mol. The molecule has 1 aliphatic carbocycles. The summed E-state index contributed by atoms with van der Waals surface area (Å²) in [5.74, 6) is 0.0166. The molecule has 0 spiro atoms. The van der Waals surface area contributed by atoms with Gasteiger partial charge in [-0.3, -0.25) is 9.79 Å². The van der Waals surface area contributed by atoms with Gasteiger partial charge in [0.1, 0.15) is 5.82 Å². The molecular formula is C20H23FN4O. The van der Waals surface area contributed by atoms with E-state index in [1.807, 2.05) is 12.1 Å². The average molecular weight is 354 g/mol. The van der Waals surface area contributed by atoms with Crippen LogP contribution in [0.1, 0.15) is 34.3 Å². The summed E-state index contributed by atoms with van der Waals surface area (Å²) < 4.78 is 13.5. The Morgan fingerprint density at radius 1 is 1.19 bits per heavy atom. The Bertz CT molecular complexity index is 830. The number of hydrogen-bond acceptors (Lipinski definition) is 2. The number of hydrogen-bond donors (Lipinski definition) is 3. The van der Waals surface area contributed by atoms with Crippen LogP contribution >= 0.6 is 0 Å². The maximum absolute atomic E-state index is 13.5. The highest BCUT2D eigenvalue weighted by atomic mass is 19.1. The van der Waals surface area contributed by atoms with Crippen molar-refractivity contribution in [2.75, 3.05) is 13.6 Å². The lowest BCUT2D eigenvalue weighted by Gasteiger charge is -2.19. The number of carbonyl (C=O) groups excluding carboxylic acids is 1. The summed E-state index contributed by atoms with van der Waals surface area (Å²) in [6, 6.07) is 14.0. The number of nitrogens with two attached hydrogens (primary N) is 1. The fourth-order valence-electron chi connectivity index (χ4n) is 3.03. The minimum absolute atomic E-state index is 0.0222. The van der Waals surface area contributed by atoms with E-state index in [4.69, 9.17) is 5.73 Å². The molecule has 0 heterocycles. The van der Waals surface area contributed by atoms with Gasteiger partial charge in [0.05, 0.1) is 0 Å². The molecule has 5 nitrogen and oxygen atoms in total. The lowest BCUT2D eigenvalue weighted by molar-refractivity contribution is 0.1000. The van der Waals surface area contributed by atoms with Crippen molar-refractivity contribution in [3.05, 3.63) is 71.0 Å². The number of benzene rings is 2. The number of carbonyl (C=O) groups is 1. The maximum Gasteiger partial charge on any atom is 0.248 e. The molecule has 136 valence electrons. The molecule has 2 aromatic carbocycles. The molecule has 6 heteroatoms. The highest BCUT2D eigenvalue weighted by Gasteiger charge is 2.44. The van der Waals surface area contributed by atoms with E-state index in [-0.39, 0.29) is 11.2 Å². The summed E-state index contributed by atoms with van der Waals surface area (Å²) in [7, 11) is 1.71. The first-order valence-corrected chi connectivity index (χ1v) is 8.62. The van der Waals surface area contributed by atoms with E-state index in [1.165, 1.54) is 6.07 Å². The van der Waals surface area contributed by atoms with Gasteiger partial charge >= 0.3 is 0 Å². The molecule has 26 heavy (non-hydrogen) atoms. The average Bonchev–Trinajstić information content (AvgIpc) is 3.43. The molecule has 0 aromatic heterocycles. The lowest BCUT2D eigenvalue weighted by atomic mass is 9.96. The van der Waals surface area contributed by atoms with Gasteiger partial charge in [-0.1, -0.05) is 24.3 Å². The first kappa shape index (κ1) is 17.9. The van der Waals surface area contributed by atoms with Crippen LogP contribution in [0.4, 0.5) is 4.39 Å². The van der Waals surface area contributed by atoms with Gasteiger partial charge in [0, 0.05) is 31.1 Å². The fourth-order valence-corrected chi connectivity index (χ4v) is 3.03. The maximum atomic E-state index is 13.5. The van der Waals surface area contributed by atoms with Crippen LogP contribution in [0.2, 0.25) is 0 Å². The third kappa shape index (κ3) is 4.20. The molecule has 3 rings (SSSR count). The topological polar surface area (TPSA) is 79.5 Å². The number of amides is 1. The van der Waals surface area contributed by atoms with Crippen molar-refractivity contribution in [3.8, 4) is 0 Å². The Morgan fingerprint density at radius 3 is 2.62 bits per heavy atom. The zero-order chi connectivity index (χ0) is 18.6. The zero-order valence-electron chi connectivity index (χ0n) is 14.8. The molecule has 0 atom stereocenters. The van der Waals surface area contributed by atoms with E-state index in [0.29, 0.717) is 24.6 Å². The number of primary amides is 1. The SMILES string of the molecule is CN=C(NCc1cccc(C(N)=O)c1)NCC1(c2cccc(F)c2)CC1. The molecule has 1 aliphatic rings. The van der Waals surface area contributed by atoms with Gasteiger partial charge < -0.3 is 16.4 Å². The van der Waals surface area contributed by atoms with Crippen molar-refractivity contribution >= 4 is 11.9 Å². The first-order valence-electron chi connectivity index (χ1n) is 8.62. The van der Waals surface area contributed by atoms with Crippen LogP contribution in [0.15, 0.2) is 53.5 Å². The summed E-state index contributed by atoms with van der Waals surface area (Å²) in [5.41, 5.74) is 7.73. The second kappa shape index (κ2) is 7.56. The molecule has 0 saturated heterocycles. The van der Waals surface area contributed by atoms with E-state index in [0.717, 1.165) is 24.0 Å². The zero-order valence-corrected chi connectivity index (χ0v) is 14.8. The van der Waals surface area contributed by atoms with Gasteiger partial charge in [0.15, 0.2) is 5.96 Å². The Kier molecular flexibility index (Phi) is 5.21. The standard InChI is InChI=1S/C20H23FN4O/c1-23-19(24-12-14-4-2-5-15(10-14)18(22)26)25-13-20(8-9-20)16-6-3-7-17(21)11-16/h2-7,10-11H,8-9,12-13H2,1H3,(H2,22,26)(H2,23,24,25). The molecule has 1 saturated carbocycles. The highest BCUT2D eigenvalue weighted by molar-refractivity contribution is 5.92. The lowest BCUT2D eigenvalue weighted by Crippen LogP contribution is -2.40. The first-order chi connectivity index (χ1) is 12.5. The summed E-state index contributed by atoms with van der Waals surface area (Å²) in [5, 5.41) is 6.55. The summed E-state index contributed by atoms with van der Waals surface area (Å²) in [6.07, 6.45) is 2.06. The largest absolute Gasteiger partial charge is 0.366 e. The number of nitrogens with zero attached hydrogens (tertiary/aromatic N) is 1. The van der Waals surface area contributed by atoms with Gasteiger partial charge in [-0.15, -0.1) is 0 Å². The molecule has 0 radical (unpaired) electrons. The third-order valence-corrected chi connectivity index (χ3v) is 4.78. The van der Waals surface area contributed by atoms with Crippen LogP contribution in [-0.4, -0.2) is 25.5 Å². The van der Waals surface area contributed by atoms with E-state index >= 15 is 0 Å². The monoisotopic (exact) mass is 354 g/mol. The number of aliphatic imine (C=N–C) groups is 1. The van der Waals surface area contributed by atoms with Crippen LogP contribution in [-0.2, 0) is 12.0 Å². The quantitative estimate of drug-likeness (QED) is 0.550. The van der Waals surface area contributed by atoms with Gasteiger partial charge in [-0.05, 0) is 48.2 Å². The molecule has 0 bridgehead atoms. The van der Waals surface area contributed by atoms with E-state index in [9.17, 15) is 9.18 Å². The number of nitrogens with one attached hydrogen (secondary N) is 2. The van der Waals surface area contributed by atoms with Crippen LogP contribution in [0.25, 0.3) is 0 Å². The molecule has 2 aromatic rings. The Morgan fingerprint density at radius 2 is 1.96 bits per heavy atom. The summed E-state index contributed by atoms with van der Waals surface area (Å²) in [4.78, 5) is 15.5. The van der Waals surface area contributed by atoms with Crippen molar-refractivity contribution in [2.24, 2.45) is 10.7 Å². The smallest absolute Gasteiger partial charge is 0.248 e. The van der Waals surface area contributed by atoms with Crippen molar-refractivity contribution in [1.82, 2.24) is 10.6 Å². The molecule has 0 aliphatic heterocycles. The second-order valence-corrected chi connectivity index (χ2v) is 6.63. The summed E-state index contributed by atoms with van der Waals surface area (Å²) in [6.45, 7) is 1.21. The van der Waals surface area contributed by atoms with Gasteiger partial charge in [0.25, 0.3) is 0 Å². The Balaban J connectivity index is 1.57. The normalized spacial score (nSPS) is 15.4. The van der Waals surface area contributed by atoms with E-state index in [1.54, 1.807) is 37.4 Å². The minimum atomic E-state index is -0.444. The fraction of sp³-hybridized carbons (Fsp3) is 0.300. The molecule has 1 fully saturated rings. The van der Waals surface area contributed by atoms with Crippen molar-refractivity contribution in [3.63, 3.8) is 0 Å². The van der Waals surface area contributed by atoms with E-state index in [2.05, 4.69) is 15.6 Å². The van der Waals surface area contributed by atoms with Gasteiger partial charge in [-0.2, -0.15) is 0 Å². The van der Waals surface area contributed by atoms with Crippen molar-refractivity contribution in [1.29, 1.82) is 0 Å². The van der Waals surface area contributed by atoms with Crippen LogP contribution in [0, 0.1) is 5.82 Å². The third-order valence-electron chi connectivity index (χ3n) is 4.78. The van der Waals surface area contributed by atoms with Crippen molar-refractivity contribution < 1.29 is 9.18 Å². The van der Waals surface area contributed by atoms with Crippen LogP contribution < -0.4 is 16.4 Å². The molecule has 1 amide bonds. The van der Waals surface area contributed by atoms with Crippen molar-refractivity contribution in [2.45, 2.75) is 24.8 Å². The van der Waals surface area contributed by atoms with Gasteiger partial charge in [-0.25, -0.2) is 4.39 Å². The Hall–Kier alpha value is -2.89. The summed E-state index contributed by atoms with van der Waals surface area (Å²) >= 11 is 0. The molecule has 0 unspecified atom stereocenters. The van der Waals surface area contributed by atoms with Crippen LogP contribution in [0.3, 0.4) is 0 Å².